The van der Waals surface area contributed by atoms with Crippen molar-refractivity contribution in [1.82, 2.24) is 15.3 Å². The molecular formula is C17H18F3N5O. The number of amides is 2. The van der Waals surface area contributed by atoms with Crippen molar-refractivity contribution < 1.29 is 18.0 Å². The van der Waals surface area contributed by atoms with Crippen LogP contribution in [-0.2, 0) is 12.7 Å². The molecule has 1 aliphatic heterocycles. The van der Waals surface area contributed by atoms with Crippen molar-refractivity contribution >= 4 is 17.5 Å². The number of benzene rings is 1. The Balaban J connectivity index is 1.61. The lowest BCUT2D eigenvalue weighted by molar-refractivity contribution is -0.136. The van der Waals surface area contributed by atoms with Gasteiger partial charge in [-0.15, -0.1) is 0 Å². The van der Waals surface area contributed by atoms with Crippen LogP contribution in [0.1, 0.15) is 24.2 Å². The number of hydrogen-bond acceptors (Lipinski definition) is 4. The molecule has 0 saturated carbocycles. The Kier molecular flexibility index (Phi) is 5.24. The molecule has 1 aliphatic rings. The predicted molar refractivity (Wildman–Crippen MR) is 90.8 cm³/mol. The molecule has 3 rings (SSSR count). The van der Waals surface area contributed by atoms with E-state index in [0.29, 0.717) is 5.82 Å². The lowest BCUT2D eigenvalue weighted by Gasteiger charge is -2.17. The van der Waals surface area contributed by atoms with E-state index in [1.165, 1.54) is 18.2 Å². The minimum Gasteiger partial charge on any atom is -0.357 e. The van der Waals surface area contributed by atoms with Gasteiger partial charge in [-0.25, -0.2) is 14.8 Å². The largest absolute Gasteiger partial charge is 0.418 e. The number of carbonyl (C=O) groups is 1. The number of nitrogens with zero attached hydrogens (tertiary/aromatic N) is 3. The van der Waals surface area contributed by atoms with Gasteiger partial charge in [0.05, 0.1) is 17.8 Å². The van der Waals surface area contributed by atoms with Crippen LogP contribution in [0.15, 0.2) is 36.5 Å². The molecule has 0 radical (unpaired) electrons. The highest BCUT2D eigenvalue weighted by Crippen LogP contribution is 2.34. The maximum absolute atomic E-state index is 12.9. The molecule has 1 aromatic heterocycles. The second-order valence-electron chi connectivity index (χ2n) is 5.88. The first-order chi connectivity index (χ1) is 12.4. The van der Waals surface area contributed by atoms with E-state index in [1.807, 2.05) is 0 Å². The number of urea groups is 1. The minimum atomic E-state index is -4.54. The molecule has 26 heavy (non-hydrogen) atoms. The van der Waals surface area contributed by atoms with Crippen molar-refractivity contribution in [3.8, 4) is 0 Å². The minimum absolute atomic E-state index is 0.0156. The molecule has 1 fully saturated rings. The summed E-state index contributed by atoms with van der Waals surface area (Å²) in [6.45, 7) is 1.87. The van der Waals surface area contributed by atoms with Crippen molar-refractivity contribution in [3.63, 3.8) is 0 Å². The Morgan fingerprint density at radius 1 is 1.15 bits per heavy atom. The van der Waals surface area contributed by atoms with E-state index < -0.39 is 17.8 Å². The highest BCUT2D eigenvalue weighted by atomic mass is 19.4. The topological polar surface area (TPSA) is 70.2 Å². The molecule has 138 valence electrons. The Morgan fingerprint density at radius 3 is 2.62 bits per heavy atom. The molecule has 0 aliphatic carbocycles. The first-order valence-corrected chi connectivity index (χ1v) is 8.21. The number of rotatable bonds is 4. The van der Waals surface area contributed by atoms with Crippen LogP contribution in [0.5, 0.6) is 0 Å². The first kappa shape index (κ1) is 18.0. The summed E-state index contributed by atoms with van der Waals surface area (Å²) in [6, 6.07) is 5.85. The summed E-state index contributed by atoms with van der Waals surface area (Å²) < 4.78 is 38.8. The molecule has 2 aromatic rings. The molecule has 0 spiro atoms. The van der Waals surface area contributed by atoms with Crippen LogP contribution in [-0.4, -0.2) is 29.1 Å². The van der Waals surface area contributed by atoms with Crippen LogP contribution < -0.4 is 15.5 Å². The third-order valence-electron chi connectivity index (χ3n) is 4.01. The fraction of sp³-hybridized carbons (Fsp3) is 0.353. The van der Waals surface area contributed by atoms with Crippen molar-refractivity contribution in [2.24, 2.45) is 0 Å². The Hall–Kier alpha value is -2.84. The average Bonchev–Trinajstić information content (AvgIpc) is 3.14. The van der Waals surface area contributed by atoms with Gasteiger partial charge in [-0.2, -0.15) is 13.2 Å². The molecule has 0 unspecified atom stereocenters. The second-order valence-corrected chi connectivity index (χ2v) is 5.88. The van der Waals surface area contributed by atoms with E-state index in [0.717, 1.165) is 37.8 Å². The molecule has 1 aromatic carbocycles. The van der Waals surface area contributed by atoms with E-state index in [4.69, 9.17) is 0 Å². The van der Waals surface area contributed by atoms with Gasteiger partial charge in [-0.05, 0) is 31.0 Å². The molecule has 2 amide bonds. The molecule has 1 saturated heterocycles. The van der Waals surface area contributed by atoms with E-state index in [2.05, 4.69) is 25.5 Å². The molecule has 6 nitrogen and oxygen atoms in total. The Morgan fingerprint density at radius 2 is 1.88 bits per heavy atom. The summed E-state index contributed by atoms with van der Waals surface area (Å²) in [5.74, 6) is 1.19. The highest BCUT2D eigenvalue weighted by Gasteiger charge is 2.33. The number of nitrogens with one attached hydrogen (secondary N) is 2. The van der Waals surface area contributed by atoms with Crippen LogP contribution >= 0.6 is 0 Å². The van der Waals surface area contributed by atoms with Crippen LogP contribution in [0.3, 0.4) is 0 Å². The van der Waals surface area contributed by atoms with Crippen LogP contribution in [0.25, 0.3) is 0 Å². The quantitative estimate of drug-likeness (QED) is 0.871. The van der Waals surface area contributed by atoms with Gasteiger partial charge in [-0.1, -0.05) is 12.1 Å². The van der Waals surface area contributed by atoms with Crippen molar-refractivity contribution in [2.45, 2.75) is 25.6 Å². The van der Waals surface area contributed by atoms with Crippen LogP contribution in [0.2, 0.25) is 0 Å². The number of carbonyl (C=O) groups excluding carboxylic acids is 1. The van der Waals surface area contributed by atoms with E-state index in [9.17, 15) is 18.0 Å². The zero-order chi connectivity index (χ0) is 18.6. The molecular weight excluding hydrogens is 347 g/mol. The van der Waals surface area contributed by atoms with Crippen LogP contribution in [0.4, 0.5) is 29.5 Å². The molecule has 9 heteroatoms. The summed E-state index contributed by atoms with van der Waals surface area (Å²) in [4.78, 5) is 22.5. The van der Waals surface area contributed by atoms with Gasteiger partial charge in [0.25, 0.3) is 0 Å². The van der Waals surface area contributed by atoms with Crippen molar-refractivity contribution in [1.29, 1.82) is 0 Å². The van der Waals surface area contributed by atoms with Gasteiger partial charge in [0.2, 0.25) is 0 Å². The number of para-hydroxylation sites is 1. The number of hydrogen-bond donors (Lipinski definition) is 2. The van der Waals surface area contributed by atoms with Gasteiger partial charge in [0.15, 0.2) is 0 Å². The Labute approximate surface area is 148 Å². The normalized spacial score (nSPS) is 14.3. The monoisotopic (exact) mass is 365 g/mol. The summed E-state index contributed by atoms with van der Waals surface area (Å²) in [7, 11) is 0. The van der Waals surface area contributed by atoms with Gasteiger partial charge in [0, 0.05) is 19.3 Å². The van der Waals surface area contributed by atoms with Crippen molar-refractivity contribution in [3.05, 3.63) is 47.9 Å². The number of anilines is 2. The molecule has 0 bridgehead atoms. The molecule has 2 heterocycles. The van der Waals surface area contributed by atoms with E-state index in [-0.39, 0.29) is 12.2 Å². The van der Waals surface area contributed by atoms with Crippen LogP contribution in [0, 0.1) is 0 Å². The third kappa shape index (κ3) is 4.41. The summed E-state index contributed by atoms with van der Waals surface area (Å²) in [6.07, 6.45) is -0.719. The zero-order valence-corrected chi connectivity index (χ0v) is 13.9. The second kappa shape index (κ2) is 7.59. The summed E-state index contributed by atoms with van der Waals surface area (Å²) in [5.41, 5.74) is -1.20. The summed E-state index contributed by atoms with van der Waals surface area (Å²) in [5, 5.41) is 4.70. The molecule has 2 N–H and O–H groups in total. The third-order valence-corrected chi connectivity index (χ3v) is 4.01. The molecule has 0 atom stereocenters. The highest BCUT2D eigenvalue weighted by molar-refractivity contribution is 5.90. The number of aromatic nitrogens is 2. The lowest BCUT2D eigenvalue weighted by Crippen LogP contribution is -2.30. The Bertz CT molecular complexity index is 775. The maximum atomic E-state index is 12.9. The van der Waals surface area contributed by atoms with E-state index >= 15 is 0 Å². The van der Waals surface area contributed by atoms with Crippen molar-refractivity contribution in [2.75, 3.05) is 23.3 Å². The van der Waals surface area contributed by atoms with Gasteiger partial charge < -0.3 is 15.5 Å². The number of halogens is 3. The van der Waals surface area contributed by atoms with Gasteiger partial charge in [-0.3, -0.25) is 0 Å². The smallest absolute Gasteiger partial charge is 0.357 e. The lowest BCUT2D eigenvalue weighted by atomic mass is 10.1. The summed E-state index contributed by atoms with van der Waals surface area (Å²) >= 11 is 0. The number of alkyl halides is 3. The van der Waals surface area contributed by atoms with Gasteiger partial charge in [0.1, 0.15) is 11.6 Å². The van der Waals surface area contributed by atoms with Gasteiger partial charge >= 0.3 is 12.2 Å². The first-order valence-electron chi connectivity index (χ1n) is 8.21. The fourth-order valence-electron chi connectivity index (χ4n) is 2.76. The standard InChI is InChI=1S/C17H18F3N5O/c18-17(19,20)12-5-1-2-6-13(12)23-16(26)22-11-14-21-8-7-15(24-14)25-9-3-4-10-25/h1-2,5-8H,3-4,9-11H2,(H2,22,23,26). The average molecular weight is 365 g/mol. The fourth-order valence-corrected chi connectivity index (χ4v) is 2.76. The van der Waals surface area contributed by atoms with E-state index in [1.54, 1.807) is 12.3 Å². The predicted octanol–water partition coefficient (Wildman–Crippen LogP) is 3.42. The zero-order valence-electron chi connectivity index (χ0n) is 13.9. The SMILES string of the molecule is O=C(NCc1nccc(N2CCCC2)n1)Nc1ccccc1C(F)(F)F. The maximum Gasteiger partial charge on any atom is 0.418 e.